The zero-order valence-corrected chi connectivity index (χ0v) is 12.7. The van der Waals surface area contributed by atoms with Crippen LogP contribution in [0.1, 0.15) is 33.1 Å². The maximum atomic E-state index is 12.3. The third-order valence-corrected chi connectivity index (χ3v) is 4.21. The lowest BCUT2D eigenvalue weighted by Crippen LogP contribution is -2.36. The SMILES string of the molecule is CC(C)CN(C(=O)CCSc1ccccc1)C1CC1. The van der Waals surface area contributed by atoms with Crippen molar-refractivity contribution in [3.63, 3.8) is 0 Å². The quantitative estimate of drug-likeness (QED) is 0.706. The zero-order valence-electron chi connectivity index (χ0n) is 11.8. The van der Waals surface area contributed by atoms with E-state index in [2.05, 4.69) is 30.9 Å². The van der Waals surface area contributed by atoms with Crippen LogP contribution in [0, 0.1) is 5.92 Å². The van der Waals surface area contributed by atoms with Crippen molar-refractivity contribution in [3.8, 4) is 0 Å². The molecule has 0 radical (unpaired) electrons. The van der Waals surface area contributed by atoms with Gasteiger partial charge >= 0.3 is 0 Å². The second-order valence-corrected chi connectivity index (χ2v) is 6.75. The Morgan fingerprint density at radius 1 is 1.32 bits per heavy atom. The number of hydrogen-bond acceptors (Lipinski definition) is 2. The Bertz CT molecular complexity index is 400. The number of amides is 1. The summed E-state index contributed by atoms with van der Waals surface area (Å²) in [4.78, 5) is 15.6. The number of rotatable bonds is 7. The third-order valence-electron chi connectivity index (χ3n) is 3.20. The van der Waals surface area contributed by atoms with Gasteiger partial charge < -0.3 is 4.90 Å². The summed E-state index contributed by atoms with van der Waals surface area (Å²) in [5.74, 6) is 1.77. The van der Waals surface area contributed by atoms with E-state index in [0.717, 1.165) is 12.3 Å². The van der Waals surface area contributed by atoms with Gasteiger partial charge in [0.25, 0.3) is 0 Å². The molecule has 0 N–H and O–H groups in total. The van der Waals surface area contributed by atoms with Crippen LogP contribution < -0.4 is 0 Å². The maximum absolute atomic E-state index is 12.3. The molecule has 0 bridgehead atoms. The van der Waals surface area contributed by atoms with Gasteiger partial charge in [0.05, 0.1) is 0 Å². The molecule has 0 spiro atoms. The van der Waals surface area contributed by atoms with Crippen molar-refractivity contribution >= 4 is 17.7 Å². The molecule has 104 valence electrons. The van der Waals surface area contributed by atoms with E-state index in [0.29, 0.717) is 24.3 Å². The Morgan fingerprint density at radius 2 is 2.00 bits per heavy atom. The molecule has 1 saturated carbocycles. The average molecular weight is 277 g/mol. The molecule has 0 aromatic heterocycles. The summed E-state index contributed by atoms with van der Waals surface area (Å²) >= 11 is 1.77. The molecule has 19 heavy (non-hydrogen) atoms. The van der Waals surface area contributed by atoms with Gasteiger partial charge in [-0.2, -0.15) is 0 Å². The van der Waals surface area contributed by atoms with E-state index in [4.69, 9.17) is 0 Å². The van der Waals surface area contributed by atoms with Crippen molar-refractivity contribution in [2.24, 2.45) is 5.92 Å². The molecule has 0 heterocycles. The van der Waals surface area contributed by atoms with Gasteiger partial charge in [-0.05, 0) is 30.9 Å². The predicted octanol–water partition coefficient (Wildman–Crippen LogP) is 3.82. The van der Waals surface area contributed by atoms with Crippen LogP contribution in [0.4, 0.5) is 0 Å². The third kappa shape index (κ3) is 4.90. The van der Waals surface area contributed by atoms with Crippen LogP contribution in [0.2, 0.25) is 0 Å². The van der Waals surface area contributed by atoms with Gasteiger partial charge in [-0.25, -0.2) is 0 Å². The van der Waals surface area contributed by atoms with E-state index in [-0.39, 0.29) is 0 Å². The molecule has 3 heteroatoms. The van der Waals surface area contributed by atoms with E-state index >= 15 is 0 Å². The zero-order chi connectivity index (χ0) is 13.7. The van der Waals surface area contributed by atoms with Crippen molar-refractivity contribution in [2.45, 2.75) is 44.0 Å². The summed E-state index contributed by atoms with van der Waals surface area (Å²) in [6.07, 6.45) is 3.05. The van der Waals surface area contributed by atoms with Crippen LogP contribution in [-0.4, -0.2) is 29.1 Å². The smallest absolute Gasteiger partial charge is 0.223 e. The lowest BCUT2D eigenvalue weighted by atomic mass is 10.2. The lowest BCUT2D eigenvalue weighted by molar-refractivity contribution is -0.131. The van der Waals surface area contributed by atoms with Gasteiger partial charge in [0.1, 0.15) is 0 Å². The van der Waals surface area contributed by atoms with Gasteiger partial charge in [-0.1, -0.05) is 32.0 Å². The molecule has 1 aliphatic rings. The second-order valence-electron chi connectivity index (χ2n) is 5.58. The van der Waals surface area contributed by atoms with Crippen molar-refractivity contribution in [2.75, 3.05) is 12.3 Å². The Kier molecular flexibility index (Phi) is 5.32. The van der Waals surface area contributed by atoms with E-state index in [1.54, 1.807) is 11.8 Å². The average Bonchev–Trinajstić information content (AvgIpc) is 3.21. The van der Waals surface area contributed by atoms with Gasteiger partial charge in [0.2, 0.25) is 5.91 Å². The highest BCUT2D eigenvalue weighted by molar-refractivity contribution is 7.99. The van der Waals surface area contributed by atoms with E-state index in [9.17, 15) is 4.79 Å². The summed E-state index contributed by atoms with van der Waals surface area (Å²) in [5.41, 5.74) is 0. The summed E-state index contributed by atoms with van der Waals surface area (Å²) in [6, 6.07) is 10.8. The van der Waals surface area contributed by atoms with Crippen molar-refractivity contribution in [1.82, 2.24) is 4.90 Å². The molecule has 0 atom stereocenters. The normalized spacial score (nSPS) is 14.7. The molecule has 2 rings (SSSR count). The molecule has 2 nitrogen and oxygen atoms in total. The summed E-state index contributed by atoms with van der Waals surface area (Å²) < 4.78 is 0. The van der Waals surface area contributed by atoms with Crippen LogP contribution in [-0.2, 0) is 4.79 Å². The standard InChI is InChI=1S/C16H23NOS/c1-13(2)12-17(14-8-9-14)16(18)10-11-19-15-6-4-3-5-7-15/h3-7,13-14H,8-12H2,1-2H3. The minimum atomic E-state index is 0.333. The number of nitrogens with zero attached hydrogens (tertiary/aromatic N) is 1. The van der Waals surface area contributed by atoms with Gasteiger partial charge in [0.15, 0.2) is 0 Å². The first-order chi connectivity index (χ1) is 9.16. The fraction of sp³-hybridized carbons (Fsp3) is 0.562. The predicted molar refractivity (Wildman–Crippen MR) is 81.4 cm³/mol. The highest BCUT2D eigenvalue weighted by atomic mass is 32.2. The van der Waals surface area contributed by atoms with Crippen LogP contribution >= 0.6 is 11.8 Å². The first-order valence-electron chi connectivity index (χ1n) is 7.14. The monoisotopic (exact) mass is 277 g/mol. The van der Waals surface area contributed by atoms with Gasteiger partial charge in [-0.3, -0.25) is 4.79 Å². The van der Waals surface area contributed by atoms with Crippen molar-refractivity contribution in [3.05, 3.63) is 30.3 Å². The van der Waals surface area contributed by atoms with Crippen LogP contribution in [0.5, 0.6) is 0 Å². The Morgan fingerprint density at radius 3 is 2.58 bits per heavy atom. The minimum Gasteiger partial charge on any atom is -0.339 e. The Hall–Kier alpha value is -0.960. The highest BCUT2D eigenvalue weighted by Crippen LogP contribution is 2.28. The number of carbonyl (C=O) groups excluding carboxylic acids is 1. The maximum Gasteiger partial charge on any atom is 0.223 e. The minimum absolute atomic E-state index is 0.333. The topological polar surface area (TPSA) is 20.3 Å². The van der Waals surface area contributed by atoms with Gasteiger partial charge in [0, 0.05) is 29.7 Å². The molecule has 1 amide bonds. The fourth-order valence-electron chi connectivity index (χ4n) is 2.15. The highest BCUT2D eigenvalue weighted by Gasteiger charge is 2.32. The van der Waals surface area contributed by atoms with E-state index < -0.39 is 0 Å². The number of carbonyl (C=O) groups is 1. The molecule has 1 fully saturated rings. The Labute approximate surface area is 120 Å². The summed E-state index contributed by atoms with van der Waals surface area (Å²) in [6.45, 7) is 5.28. The summed E-state index contributed by atoms with van der Waals surface area (Å²) in [5, 5.41) is 0. The van der Waals surface area contributed by atoms with E-state index in [1.807, 2.05) is 18.2 Å². The first kappa shape index (κ1) is 14.4. The molecule has 1 aromatic rings. The molecule has 0 saturated heterocycles. The number of hydrogen-bond donors (Lipinski definition) is 0. The number of thioether (sulfide) groups is 1. The van der Waals surface area contributed by atoms with Gasteiger partial charge in [-0.15, -0.1) is 11.8 Å². The van der Waals surface area contributed by atoms with Crippen LogP contribution in [0.15, 0.2) is 35.2 Å². The molecule has 0 unspecified atom stereocenters. The van der Waals surface area contributed by atoms with E-state index in [1.165, 1.54) is 17.7 Å². The van der Waals surface area contributed by atoms with Crippen LogP contribution in [0.3, 0.4) is 0 Å². The fourth-order valence-corrected chi connectivity index (χ4v) is 3.01. The van der Waals surface area contributed by atoms with Crippen molar-refractivity contribution in [1.29, 1.82) is 0 Å². The molecule has 0 aliphatic heterocycles. The molecular formula is C16H23NOS. The van der Waals surface area contributed by atoms with Crippen LogP contribution in [0.25, 0.3) is 0 Å². The summed E-state index contributed by atoms with van der Waals surface area (Å²) in [7, 11) is 0. The molecule has 1 aromatic carbocycles. The number of benzene rings is 1. The molecular weight excluding hydrogens is 254 g/mol. The first-order valence-corrected chi connectivity index (χ1v) is 8.12. The second kappa shape index (κ2) is 6.99. The Balaban J connectivity index is 1.76. The molecule has 1 aliphatic carbocycles. The van der Waals surface area contributed by atoms with Crippen molar-refractivity contribution < 1.29 is 4.79 Å². The lowest BCUT2D eigenvalue weighted by Gasteiger charge is -2.24. The largest absolute Gasteiger partial charge is 0.339 e.